The van der Waals surface area contributed by atoms with E-state index in [9.17, 15) is 14.4 Å². The number of rotatable bonds is 5. The largest absolute Gasteiger partial charge is 0.439 e. The van der Waals surface area contributed by atoms with Gasteiger partial charge in [-0.25, -0.2) is 9.69 Å². The number of nitrogens with zero attached hydrogens (tertiary/aromatic N) is 2. The van der Waals surface area contributed by atoms with Gasteiger partial charge in [-0.15, -0.1) is 0 Å². The van der Waals surface area contributed by atoms with Crippen LogP contribution in [0.2, 0.25) is 0 Å². The van der Waals surface area contributed by atoms with Gasteiger partial charge in [0.1, 0.15) is 6.61 Å². The highest BCUT2D eigenvalue weighted by Crippen LogP contribution is 2.19. The Morgan fingerprint density at radius 2 is 2.17 bits per heavy atom. The van der Waals surface area contributed by atoms with E-state index < -0.39 is 6.09 Å². The summed E-state index contributed by atoms with van der Waals surface area (Å²) >= 11 is 0. The molecule has 2 heterocycles. The number of imide groups is 1. The van der Waals surface area contributed by atoms with Gasteiger partial charge in [0.2, 0.25) is 5.91 Å². The second-order valence-electron chi connectivity index (χ2n) is 4.36. The second-order valence-corrected chi connectivity index (χ2v) is 4.36. The van der Waals surface area contributed by atoms with Gasteiger partial charge in [0.15, 0.2) is 6.61 Å². The molecule has 0 aromatic rings. The Hall–Kier alpha value is -1.63. The first-order chi connectivity index (χ1) is 8.61. The average molecular weight is 256 g/mol. The van der Waals surface area contributed by atoms with Crippen molar-refractivity contribution in [1.29, 1.82) is 0 Å². The molecule has 2 aliphatic rings. The van der Waals surface area contributed by atoms with Crippen LogP contribution >= 0.6 is 0 Å². The molecule has 100 valence electrons. The van der Waals surface area contributed by atoms with E-state index in [2.05, 4.69) is 4.74 Å². The number of hydrogen-bond donors (Lipinski definition) is 0. The molecule has 0 aromatic carbocycles. The van der Waals surface area contributed by atoms with Crippen LogP contribution in [0.25, 0.3) is 0 Å². The van der Waals surface area contributed by atoms with Crippen LogP contribution in [0.4, 0.5) is 4.79 Å². The van der Waals surface area contributed by atoms with E-state index in [4.69, 9.17) is 4.74 Å². The predicted octanol–water partition coefficient (Wildman–Crippen LogP) is -0.540. The summed E-state index contributed by atoms with van der Waals surface area (Å²) in [5.74, 6) is -0.215. The van der Waals surface area contributed by atoms with Gasteiger partial charge in [-0.05, 0) is 6.92 Å². The molecule has 7 heteroatoms. The maximum atomic E-state index is 11.5. The van der Waals surface area contributed by atoms with Crippen molar-refractivity contribution < 1.29 is 23.9 Å². The van der Waals surface area contributed by atoms with Crippen LogP contribution in [0.1, 0.15) is 6.92 Å². The fourth-order valence-corrected chi connectivity index (χ4v) is 1.99. The molecule has 0 spiro atoms. The number of hydrogen-bond acceptors (Lipinski definition) is 5. The Labute approximate surface area is 105 Å². The van der Waals surface area contributed by atoms with Crippen molar-refractivity contribution in [1.82, 2.24) is 9.80 Å². The Morgan fingerprint density at radius 1 is 1.44 bits per heavy atom. The van der Waals surface area contributed by atoms with Crippen LogP contribution in [0.5, 0.6) is 0 Å². The fraction of sp³-hybridized carbons (Fsp3) is 0.727. The van der Waals surface area contributed by atoms with E-state index in [0.717, 1.165) is 4.90 Å². The van der Waals surface area contributed by atoms with Gasteiger partial charge in [0, 0.05) is 32.2 Å². The van der Waals surface area contributed by atoms with Crippen molar-refractivity contribution >= 4 is 17.9 Å². The first kappa shape index (κ1) is 12.8. The van der Waals surface area contributed by atoms with Crippen molar-refractivity contribution in [3.8, 4) is 0 Å². The number of ether oxygens (including phenoxy) is 2. The summed E-state index contributed by atoms with van der Waals surface area (Å²) in [6.07, 6.45) is -0.584. The van der Waals surface area contributed by atoms with E-state index in [1.807, 2.05) is 6.92 Å². The van der Waals surface area contributed by atoms with Crippen LogP contribution in [0, 0.1) is 5.92 Å². The molecule has 7 nitrogen and oxygen atoms in total. The van der Waals surface area contributed by atoms with Crippen LogP contribution in [-0.4, -0.2) is 67.2 Å². The van der Waals surface area contributed by atoms with Crippen molar-refractivity contribution in [2.75, 3.05) is 39.5 Å². The summed E-state index contributed by atoms with van der Waals surface area (Å²) in [6, 6.07) is 0. The van der Waals surface area contributed by atoms with Gasteiger partial charge in [-0.1, -0.05) is 0 Å². The average Bonchev–Trinajstić information content (AvgIpc) is 2.60. The molecular formula is C11H16N2O5. The summed E-state index contributed by atoms with van der Waals surface area (Å²) in [4.78, 5) is 36.8. The first-order valence-electron chi connectivity index (χ1n) is 5.94. The van der Waals surface area contributed by atoms with E-state index >= 15 is 0 Å². The molecule has 2 rings (SSSR count). The van der Waals surface area contributed by atoms with E-state index in [1.165, 1.54) is 0 Å². The molecule has 2 saturated heterocycles. The van der Waals surface area contributed by atoms with E-state index in [-0.39, 0.29) is 30.9 Å². The fourth-order valence-electron chi connectivity index (χ4n) is 1.99. The molecule has 0 bridgehead atoms. The second kappa shape index (κ2) is 5.34. The molecule has 18 heavy (non-hydrogen) atoms. The molecular weight excluding hydrogens is 240 g/mol. The lowest BCUT2D eigenvalue weighted by atomic mass is 9.99. The van der Waals surface area contributed by atoms with E-state index in [1.54, 1.807) is 4.90 Å². The van der Waals surface area contributed by atoms with Gasteiger partial charge < -0.3 is 14.4 Å². The third-order valence-corrected chi connectivity index (χ3v) is 3.02. The van der Waals surface area contributed by atoms with Gasteiger partial charge in [0.05, 0.1) is 0 Å². The lowest BCUT2D eigenvalue weighted by Gasteiger charge is -2.40. The molecule has 0 aliphatic carbocycles. The van der Waals surface area contributed by atoms with Crippen LogP contribution < -0.4 is 0 Å². The zero-order valence-electron chi connectivity index (χ0n) is 10.3. The number of carbonyl (C=O) groups is 3. The zero-order valence-corrected chi connectivity index (χ0v) is 10.3. The molecule has 2 fully saturated rings. The Morgan fingerprint density at radius 3 is 2.72 bits per heavy atom. The van der Waals surface area contributed by atoms with Crippen molar-refractivity contribution in [2.45, 2.75) is 6.92 Å². The summed E-state index contributed by atoms with van der Waals surface area (Å²) in [6.45, 7) is 3.71. The molecule has 3 amide bonds. The number of amides is 3. The minimum absolute atomic E-state index is 0.0524. The number of carbonyl (C=O) groups excluding carboxylic acids is 3. The Balaban J connectivity index is 1.71. The topological polar surface area (TPSA) is 76.2 Å². The highest BCUT2D eigenvalue weighted by molar-refractivity contribution is 5.97. The van der Waals surface area contributed by atoms with Crippen molar-refractivity contribution in [3.05, 3.63) is 0 Å². The standard InChI is InChI=1S/C11H16N2O5/c1-2-17-6-9(14)12-3-8(4-12)5-13-10(15)7-18-11(13)16/h8H,2-7H2,1H3. The smallest absolute Gasteiger partial charge is 0.417 e. The van der Waals surface area contributed by atoms with Crippen LogP contribution in [-0.2, 0) is 19.1 Å². The lowest BCUT2D eigenvalue weighted by Crippen LogP contribution is -2.55. The highest BCUT2D eigenvalue weighted by Gasteiger charge is 2.38. The van der Waals surface area contributed by atoms with E-state index in [0.29, 0.717) is 26.2 Å². The third kappa shape index (κ3) is 2.61. The molecule has 0 atom stereocenters. The van der Waals surface area contributed by atoms with Crippen molar-refractivity contribution in [2.24, 2.45) is 5.92 Å². The maximum Gasteiger partial charge on any atom is 0.417 e. The molecule has 2 aliphatic heterocycles. The van der Waals surface area contributed by atoms with Gasteiger partial charge >= 0.3 is 6.09 Å². The first-order valence-corrected chi connectivity index (χ1v) is 5.94. The quantitative estimate of drug-likeness (QED) is 0.660. The predicted molar refractivity (Wildman–Crippen MR) is 59.6 cm³/mol. The van der Waals surface area contributed by atoms with Crippen LogP contribution in [0.15, 0.2) is 0 Å². The van der Waals surface area contributed by atoms with Crippen LogP contribution in [0.3, 0.4) is 0 Å². The maximum absolute atomic E-state index is 11.5. The summed E-state index contributed by atoms with van der Waals surface area (Å²) in [7, 11) is 0. The molecule has 0 N–H and O–H groups in total. The minimum Gasteiger partial charge on any atom is -0.439 e. The molecule has 0 aromatic heterocycles. The zero-order chi connectivity index (χ0) is 13.1. The molecule has 0 saturated carbocycles. The number of likely N-dealkylation sites (tertiary alicyclic amines) is 1. The summed E-state index contributed by atoms with van der Waals surface area (Å²) in [5, 5.41) is 0. The SMILES string of the molecule is CCOCC(=O)N1CC(CN2C(=O)COC2=O)C1. The highest BCUT2D eigenvalue weighted by atomic mass is 16.6. The molecule has 0 radical (unpaired) electrons. The monoisotopic (exact) mass is 256 g/mol. The normalized spacial score (nSPS) is 20.1. The van der Waals surface area contributed by atoms with Gasteiger partial charge in [-0.2, -0.15) is 0 Å². The number of cyclic esters (lactones) is 1. The lowest BCUT2D eigenvalue weighted by molar-refractivity contribution is -0.142. The van der Waals surface area contributed by atoms with Crippen molar-refractivity contribution in [3.63, 3.8) is 0 Å². The Kier molecular flexibility index (Phi) is 3.81. The third-order valence-electron chi connectivity index (χ3n) is 3.02. The summed E-state index contributed by atoms with van der Waals surface area (Å²) < 4.78 is 9.64. The van der Waals surface area contributed by atoms with Gasteiger partial charge in [0.25, 0.3) is 5.91 Å². The van der Waals surface area contributed by atoms with Gasteiger partial charge in [-0.3, -0.25) is 9.59 Å². The minimum atomic E-state index is -0.584. The molecule has 0 unspecified atom stereocenters. The summed E-state index contributed by atoms with van der Waals surface area (Å²) in [5.41, 5.74) is 0. The Bertz CT molecular complexity index is 348.